The molecule has 0 spiro atoms. The Morgan fingerprint density at radius 2 is 1.69 bits per heavy atom. The normalized spacial score (nSPS) is 10.5. The van der Waals surface area contributed by atoms with Crippen molar-refractivity contribution in [3.63, 3.8) is 0 Å². The monoisotopic (exact) mass is 394 g/mol. The predicted octanol–water partition coefficient (Wildman–Crippen LogP) is 4.64. The molecule has 1 aromatic heterocycles. The molecule has 0 bridgehead atoms. The molecule has 2 N–H and O–H groups in total. The van der Waals surface area contributed by atoms with E-state index in [2.05, 4.69) is 20.6 Å². The number of anilines is 3. The largest absolute Gasteiger partial charge is 0.493 e. The Kier molecular flexibility index (Phi) is 6.73. The second kappa shape index (κ2) is 9.64. The van der Waals surface area contributed by atoms with E-state index < -0.39 is 0 Å². The molecule has 1 heterocycles. The van der Waals surface area contributed by atoms with Crippen LogP contribution in [-0.2, 0) is 6.54 Å². The summed E-state index contributed by atoms with van der Waals surface area (Å²) in [6, 6.07) is 15.3. The summed E-state index contributed by atoms with van der Waals surface area (Å²) in [5.74, 6) is 3.46. The lowest BCUT2D eigenvalue weighted by Gasteiger charge is -2.12. The summed E-state index contributed by atoms with van der Waals surface area (Å²) >= 11 is 0. The lowest BCUT2D eigenvalue weighted by Crippen LogP contribution is -2.06. The number of methoxy groups -OCH3 is 2. The van der Waals surface area contributed by atoms with Gasteiger partial charge in [-0.1, -0.05) is 6.07 Å². The molecule has 0 fully saturated rings. The van der Waals surface area contributed by atoms with Crippen LogP contribution in [0.1, 0.15) is 19.4 Å². The molecule has 0 radical (unpaired) electrons. The molecule has 7 heteroatoms. The standard InChI is InChI=1S/C22H26N4O3/c1-15(2)29-18-8-6-17(7-9-18)25-22-23-12-11-21(26-22)24-14-16-5-10-19(27-3)20(13-16)28-4/h5-13,15H,14H2,1-4H3,(H2,23,24,25,26). The van der Waals surface area contributed by atoms with Gasteiger partial charge in [0, 0.05) is 18.4 Å². The van der Waals surface area contributed by atoms with Crippen molar-refractivity contribution in [2.45, 2.75) is 26.5 Å². The predicted molar refractivity (Wildman–Crippen MR) is 114 cm³/mol. The summed E-state index contributed by atoms with van der Waals surface area (Å²) in [7, 11) is 3.25. The van der Waals surface area contributed by atoms with Crippen LogP contribution in [0.2, 0.25) is 0 Å². The number of benzene rings is 2. The van der Waals surface area contributed by atoms with Crippen molar-refractivity contribution in [2.75, 3.05) is 24.9 Å². The lowest BCUT2D eigenvalue weighted by atomic mass is 10.2. The first kappa shape index (κ1) is 20.3. The van der Waals surface area contributed by atoms with Gasteiger partial charge in [0.1, 0.15) is 11.6 Å². The molecule has 7 nitrogen and oxygen atoms in total. The highest BCUT2D eigenvalue weighted by atomic mass is 16.5. The minimum Gasteiger partial charge on any atom is -0.493 e. The molecule has 0 unspecified atom stereocenters. The fourth-order valence-electron chi connectivity index (χ4n) is 2.72. The molecule has 0 aliphatic rings. The summed E-state index contributed by atoms with van der Waals surface area (Å²) in [6.07, 6.45) is 1.85. The summed E-state index contributed by atoms with van der Waals surface area (Å²) in [5, 5.41) is 6.50. The van der Waals surface area contributed by atoms with Crippen LogP contribution in [0.5, 0.6) is 17.2 Å². The Labute approximate surface area is 171 Å². The van der Waals surface area contributed by atoms with Crippen molar-refractivity contribution >= 4 is 17.5 Å². The molecule has 29 heavy (non-hydrogen) atoms. The maximum atomic E-state index is 5.66. The van der Waals surface area contributed by atoms with Gasteiger partial charge in [0.15, 0.2) is 11.5 Å². The quantitative estimate of drug-likeness (QED) is 0.547. The van der Waals surface area contributed by atoms with Crippen molar-refractivity contribution in [3.8, 4) is 17.2 Å². The third-order valence-electron chi connectivity index (χ3n) is 4.06. The van der Waals surface area contributed by atoms with E-state index in [4.69, 9.17) is 14.2 Å². The van der Waals surface area contributed by atoms with Crippen LogP contribution in [0.3, 0.4) is 0 Å². The second-order valence-electron chi connectivity index (χ2n) is 6.62. The van der Waals surface area contributed by atoms with E-state index in [0.717, 1.165) is 22.8 Å². The summed E-state index contributed by atoms with van der Waals surface area (Å²) in [6.45, 7) is 4.60. The minimum atomic E-state index is 0.144. The van der Waals surface area contributed by atoms with E-state index in [1.54, 1.807) is 20.4 Å². The molecular formula is C22H26N4O3. The van der Waals surface area contributed by atoms with E-state index in [0.29, 0.717) is 24.0 Å². The molecule has 3 rings (SSSR count). The Balaban J connectivity index is 1.62. The zero-order valence-corrected chi connectivity index (χ0v) is 17.1. The van der Waals surface area contributed by atoms with Crippen molar-refractivity contribution in [1.82, 2.24) is 9.97 Å². The van der Waals surface area contributed by atoms with Crippen LogP contribution in [0.25, 0.3) is 0 Å². The van der Waals surface area contributed by atoms with Gasteiger partial charge in [0.05, 0.1) is 20.3 Å². The molecular weight excluding hydrogens is 368 g/mol. The number of ether oxygens (including phenoxy) is 3. The average molecular weight is 394 g/mol. The molecule has 0 saturated carbocycles. The Bertz CT molecular complexity index is 930. The molecule has 2 aromatic carbocycles. The van der Waals surface area contributed by atoms with Gasteiger partial charge in [-0.25, -0.2) is 4.98 Å². The SMILES string of the molecule is COc1ccc(CNc2ccnc(Nc3ccc(OC(C)C)cc3)n2)cc1OC. The highest BCUT2D eigenvalue weighted by molar-refractivity contribution is 5.56. The van der Waals surface area contributed by atoms with E-state index in [1.807, 2.05) is 62.4 Å². The van der Waals surface area contributed by atoms with Gasteiger partial charge >= 0.3 is 0 Å². The molecule has 0 aliphatic carbocycles. The van der Waals surface area contributed by atoms with Crippen LogP contribution in [-0.4, -0.2) is 30.3 Å². The molecule has 0 atom stereocenters. The third-order valence-corrected chi connectivity index (χ3v) is 4.06. The first-order valence-electron chi connectivity index (χ1n) is 9.39. The van der Waals surface area contributed by atoms with E-state index in [9.17, 15) is 0 Å². The van der Waals surface area contributed by atoms with E-state index in [1.165, 1.54) is 0 Å². The number of rotatable bonds is 9. The van der Waals surface area contributed by atoms with Crippen LogP contribution < -0.4 is 24.8 Å². The lowest BCUT2D eigenvalue weighted by molar-refractivity contribution is 0.242. The molecule has 152 valence electrons. The summed E-state index contributed by atoms with van der Waals surface area (Å²) < 4.78 is 16.3. The Morgan fingerprint density at radius 1 is 0.931 bits per heavy atom. The summed E-state index contributed by atoms with van der Waals surface area (Å²) in [5.41, 5.74) is 1.94. The first-order chi connectivity index (χ1) is 14.1. The van der Waals surface area contributed by atoms with Crippen LogP contribution in [0.4, 0.5) is 17.5 Å². The zero-order valence-electron chi connectivity index (χ0n) is 17.1. The van der Waals surface area contributed by atoms with Crippen molar-refractivity contribution in [1.29, 1.82) is 0 Å². The first-order valence-corrected chi connectivity index (χ1v) is 9.39. The Morgan fingerprint density at radius 3 is 2.38 bits per heavy atom. The fraction of sp³-hybridized carbons (Fsp3) is 0.273. The van der Waals surface area contributed by atoms with Crippen molar-refractivity contribution in [2.24, 2.45) is 0 Å². The van der Waals surface area contributed by atoms with E-state index in [-0.39, 0.29) is 6.10 Å². The van der Waals surface area contributed by atoms with E-state index >= 15 is 0 Å². The molecule has 0 amide bonds. The van der Waals surface area contributed by atoms with Gasteiger partial charge < -0.3 is 24.8 Å². The van der Waals surface area contributed by atoms with Crippen LogP contribution in [0, 0.1) is 0 Å². The van der Waals surface area contributed by atoms with Gasteiger partial charge in [-0.3, -0.25) is 0 Å². The Hall–Kier alpha value is -3.48. The van der Waals surface area contributed by atoms with Crippen molar-refractivity contribution < 1.29 is 14.2 Å². The number of nitrogens with one attached hydrogen (secondary N) is 2. The summed E-state index contributed by atoms with van der Waals surface area (Å²) in [4.78, 5) is 8.79. The van der Waals surface area contributed by atoms with Gasteiger partial charge in [0.25, 0.3) is 0 Å². The number of hydrogen-bond donors (Lipinski definition) is 2. The van der Waals surface area contributed by atoms with Crippen LogP contribution in [0.15, 0.2) is 54.7 Å². The van der Waals surface area contributed by atoms with Gasteiger partial charge in [-0.05, 0) is 61.9 Å². The third kappa shape index (κ3) is 5.75. The van der Waals surface area contributed by atoms with Crippen LogP contribution >= 0.6 is 0 Å². The zero-order chi connectivity index (χ0) is 20.6. The molecule has 0 saturated heterocycles. The smallest absolute Gasteiger partial charge is 0.229 e. The number of hydrogen-bond acceptors (Lipinski definition) is 7. The minimum absolute atomic E-state index is 0.144. The second-order valence-corrected chi connectivity index (χ2v) is 6.62. The molecule has 3 aromatic rings. The maximum Gasteiger partial charge on any atom is 0.229 e. The number of aromatic nitrogens is 2. The average Bonchev–Trinajstić information content (AvgIpc) is 2.73. The van der Waals surface area contributed by atoms with Gasteiger partial charge in [0.2, 0.25) is 5.95 Å². The maximum absolute atomic E-state index is 5.66. The van der Waals surface area contributed by atoms with Gasteiger partial charge in [-0.15, -0.1) is 0 Å². The fourth-order valence-corrected chi connectivity index (χ4v) is 2.72. The van der Waals surface area contributed by atoms with Crippen molar-refractivity contribution in [3.05, 3.63) is 60.3 Å². The number of nitrogens with zero attached hydrogens (tertiary/aromatic N) is 2. The topological polar surface area (TPSA) is 77.5 Å². The van der Waals surface area contributed by atoms with Gasteiger partial charge in [-0.2, -0.15) is 4.98 Å². The molecule has 0 aliphatic heterocycles. The highest BCUT2D eigenvalue weighted by Crippen LogP contribution is 2.28. The highest BCUT2D eigenvalue weighted by Gasteiger charge is 2.06.